The van der Waals surface area contributed by atoms with Gasteiger partial charge in [-0.2, -0.15) is 5.10 Å². The molecule has 0 bridgehead atoms. The van der Waals surface area contributed by atoms with Crippen molar-refractivity contribution >= 4 is 29.9 Å². The first-order valence-corrected chi connectivity index (χ1v) is 8.71. The van der Waals surface area contributed by atoms with Gasteiger partial charge in [0.25, 0.3) is 0 Å². The molecule has 0 radical (unpaired) electrons. The van der Waals surface area contributed by atoms with Crippen molar-refractivity contribution in [1.82, 2.24) is 20.4 Å². The Balaban J connectivity index is 0.00000280. The molecule has 148 valence electrons. The Morgan fingerprint density at radius 1 is 1.11 bits per heavy atom. The first kappa shape index (κ1) is 21.8. The predicted octanol–water partition coefficient (Wildman–Crippen LogP) is 4.02. The van der Waals surface area contributed by atoms with Crippen LogP contribution in [0.1, 0.15) is 18.1 Å². The molecule has 2 aromatic carbocycles. The quantitative estimate of drug-likeness (QED) is 0.308. The second-order valence-corrected chi connectivity index (χ2v) is 5.90. The summed E-state index contributed by atoms with van der Waals surface area (Å²) in [5.74, 6) is -0.376. The molecule has 0 amide bonds. The number of aromatic nitrogens is 2. The molecule has 3 aromatic rings. The molecule has 5 nitrogen and oxygen atoms in total. The third kappa shape index (κ3) is 6.01. The Morgan fingerprint density at radius 3 is 2.57 bits per heavy atom. The molecule has 0 saturated carbocycles. The van der Waals surface area contributed by atoms with Crippen LogP contribution in [-0.4, -0.2) is 22.3 Å². The summed E-state index contributed by atoms with van der Waals surface area (Å²) in [4.78, 5) is 4.50. The van der Waals surface area contributed by atoms with E-state index in [0.717, 1.165) is 23.4 Å². The van der Waals surface area contributed by atoms with E-state index in [2.05, 4.69) is 20.7 Å². The van der Waals surface area contributed by atoms with Crippen LogP contribution >= 0.6 is 24.0 Å². The van der Waals surface area contributed by atoms with Gasteiger partial charge in [0.1, 0.15) is 11.6 Å². The lowest BCUT2D eigenvalue weighted by Crippen LogP contribution is -2.37. The van der Waals surface area contributed by atoms with Crippen LogP contribution in [0.5, 0.6) is 0 Å². The fraction of sp³-hybridized carbons (Fsp3) is 0.200. The van der Waals surface area contributed by atoms with Gasteiger partial charge in [-0.3, -0.25) is 0 Å². The van der Waals surface area contributed by atoms with Gasteiger partial charge in [-0.15, -0.1) is 24.0 Å². The van der Waals surface area contributed by atoms with Gasteiger partial charge < -0.3 is 10.6 Å². The van der Waals surface area contributed by atoms with Crippen molar-refractivity contribution in [1.29, 1.82) is 0 Å². The minimum atomic E-state index is -0.465. The Labute approximate surface area is 179 Å². The summed E-state index contributed by atoms with van der Waals surface area (Å²) in [5.41, 5.74) is 2.25. The van der Waals surface area contributed by atoms with E-state index in [1.165, 1.54) is 6.07 Å². The van der Waals surface area contributed by atoms with E-state index >= 15 is 0 Å². The zero-order chi connectivity index (χ0) is 19.1. The molecule has 1 heterocycles. The minimum absolute atomic E-state index is 0. The molecule has 0 aliphatic heterocycles. The van der Waals surface area contributed by atoms with E-state index in [9.17, 15) is 8.78 Å². The van der Waals surface area contributed by atoms with Crippen LogP contribution in [0.25, 0.3) is 5.69 Å². The second-order valence-electron chi connectivity index (χ2n) is 5.90. The zero-order valence-corrected chi connectivity index (χ0v) is 17.7. The monoisotopic (exact) mass is 497 g/mol. The number of nitrogens with zero attached hydrogens (tertiary/aromatic N) is 3. The SMILES string of the molecule is CCNC(=NCc1ccc(-n2cccn2)cc1)NCc1cc(F)ccc1F.I. The van der Waals surface area contributed by atoms with Crippen LogP contribution in [0.15, 0.2) is 65.9 Å². The number of guanidine groups is 1. The molecule has 0 atom stereocenters. The summed E-state index contributed by atoms with van der Waals surface area (Å²) >= 11 is 0. The Kier molecular flexibility index (Phi) is 8.37. The van der Waals surface area contributed by atoms with Crippen molar-refractivity contribution in [2.75, 3.05) is 6.54 Å². The molecule has 8 heteroatoms. The Hall–Kier alpha value is -2.49. The molecule has 1 aromatic heterocycles. The van der Waals surface area contributed by atoms with Crippen LogP contribution in [0.2, 0.25) is 0 Å². The predicted molar refractivity (Wildman–Crippen MR) is 117 cm³/mol. The standard InChI is InChI=1S/C20H21F2N5.HI/c1-2-23-20(25-14-16-12-17(21)6-9-19(16)22)24-13-15-4-7-18(8-5-15)27-11-3-10-26-27;/h3-12H,2,13-14H2,1H3,(H2,23,24,25);1H. The number of halogens is 3. The van der Waals surface area contributed by atoms with Gasteiger partial charge in [-0.25, -0.2) is 18.5 Å². The van der Waals surface area contributed by atoms with Crippen LogP contribution in [0.3, 0.4) is 0 Å². The molecule has 0 aliphatic rings. The average molecular weight is 497 g/mol. The average Bonchev–Trinajstić information content (AvgIpc) is 3.21. The molecule has 28 heavy (non-hydrogen) atoms. The second kappa shape index (κ2) is 10.7. The maximum atomic E-state index is 13.7. The molecular formula is C20H22F2IN5. The van der Waals surface area contributed by atoms with Gasteiger partial charge in [0.2, 0.25) is 0 Å². The van der Waals surface area contributed by atoms with Crippen molar-refractivity contribution in [2.24, 2.45) is 4.99 Å². The van der Waals surface area contributed by atoms with Gasteiger partial charge in [0, 0.05) is 31.0 Å². The number of hydrogen-bond acceptors (Lipinski definition) is 2. The highest BCUT2D eigenvalue weighted by Crippen LogP contribution is 2.10. The van der Waals surface area contributed by atoms with E-state index in [-0.39, 0.29) is 36.1 Å². The number of benzene rings is 2. The lowest BCUT2D eigenvalue weighted by atomic mass is 10.2. The van der Waals surface area contributed by atoms with Crippen LogP contribution in [0.4, 0.5) is 8.78 Å². The van der Waals surface area contributed by atoms with E-state index < -0.39 is 11.6 Å². The molecule has 0 aliphatic carbocycles. The largest absolute Gasteiger partial charge is 0.357 e. The summed E-state index contributed by atoms with van der Waals surface area (Å²) in [5, 5.41) is 10.3. The third-order valence-corrected chi connectivity index (χ3v) is 3.92. The first-order chi connectivity index (χ1) is 13.2. The van der Waals surface area contributed by atoms with Crippen molar-refractivity contribution in [3.63, 3.8) is 0 Å². The lowest BCUT2D eigenvalue weighted by molar-refractivity contribution is 0.581. The Bertz CT molecular complexity index is 895. The number of nitrogens with one attached hydrogen (secondary N) is 2. The number of hydrogen-bond donors (Lipinski definition) is 2. The topological polar surface area (TPSA) is 54.2 Å². The maximum absolute atomic E-state index is 13.7. The summed E-state index contributed by atoms with van der Waals surface area (Å²) in [6.45, 7) is 3.21. The lowest BCUT2D eigenvalue weighted by Gasteiger charge is -2.12. The molecular weight excluding hydrogens is 475 g/mol. The van der Waals surface area contributed by atoms with Crippen LogP contribution < -0.4 is 10.6 Å². The van der Waals surface area contributed by atoms with E-state index in [1.807, 2.05) is 43.5 Å². The highest BCUT2D eigenvalue weighted by Gasteiger charge is 2.05. The van der Waals surface area contributed by atoms with Gasteiger partial charge in [-0.1, -0.05) is 12.1 Å². The smallest absolute Gasteiger partial charge is 0.191 e. The fourth-order valence-electron chi connectivity index (χ4n) is 2.55. The minimum Gasteiger partial charge on any atom is -0.357 e. The fourth-order valence-corrected chi connectivity index (χ4v) is 2.55. The molecule has 0 unspecified atom stereocenters. The van der Waals surface area contributed by atoms with Crippen molar-refractivity contribution in [2.45, 2.75) is 20.0 Å². The number of aliphatic imine (C=N–C) groups is 1. The van der Waals surface area contributed by atoms with Gasteiger partial charge in [-0.05, 0) is 48.9 Å². The highest BCUT2D eigenvalue weighted by molar-refractivity contribution is 14.0. The van der Waals surface area contributed by atoms with Crippen LogP contribution in [-0.2, 0) is 13.1 Å². The maximum Gasteiger partial charge on any atom is 0.191 e. The van der Waals surface area contributed by atoms with Crippen molar-refractivity contribution in [3.8, 4) is 5.69 Å². The zero-order valence-electron chi connectivity index (χ0n) is 15.4. The van der Waals surface area contributed by atoms with Gasteiger partial charge in [0.05, 0.1) is 12.2 Å². The summed E-state index contributed by atoms with van der Waals surface area (Å²) in [6, 6.07) is 13.2. The molecule has 0 spiro atoms. The van der Waals surface area contributed by atoms with Gasteiger partial charge >= 0.3 is 0 Å². The van der Waals surface area contributed by atoms with Crippen LogP contribution in [0, 0.1) is 11.6 Å². The van der Waals surface area contributed by atoms with E-state index in [4.69, 9.17) is 0 Å². The van der Waals surface area contributed by atoms with Crippen molar-refractivity contribution < 1.29 is 8.78 Å². The molecule has 3 rings (SSSR count). The Morgan fingerprint density at radius 2 is 1.89 bits per heavy atom. The first-order valence-electron chi connectivity index (χ1n) is 8.71. The third-order valence-electron chi connectivity index (χ3n) is 3.92. The normalized spacial score (nSPS) is 11.0. The molecule has 2 N–H and O–H groups in total. The number of rotatable bonds is 6. The van der Waals surface area contributed by atoms with E-state index in [0.29, 0.717) is 19.0 Å². The molecule has 0 fully saturated rings. The van der Waals surface area contributed by atoms with Crippen molar-refractivity contribution in [3.05, 3.63) is 83.7 Å². The highest BCUT2D eigenvalue weighted by atomic mass is 127. The molecule has 0 saturated heterocycles. The summed E-state index contributed by atoms with van der Waals surface area (Å²) < 4.78 is 28.8. The van der Waals surface area contributed by atoms with E-state index in [1.54, 1.807) is 10.9 Å². The summed E-state index contributed by atoms with van der Waals surface area (Å²) in [7, 11) is 0. The summed E-state index contributed by atoms with van der Waals surface area (Å²) in [6.07, 6.45) is 3.61. The van der Waals surface area contributed by atoms with Gasteiger partial charge in [0.15, 0.2) is 5.96 Å².